The molecule has 0 radical (unpaired) electrons. The van der Waals surface area contributed by atoms with E-state index in [0.717, 1.165) is 23.4 Å². The van der Waals surface area contributed by atoms with Crippen molar-refractivity contribution in [2.75, 3.05) is 0 Å². The number of rotatable bonds is 1. The fourth-order valence-electron chi connectivity index (χ4n) is 0.583. The standard InChI is InChI=1S/C5H7Cl.C3H4O2/c1-4-2-5(6)3-4;1-2-3(4)5/h2,4H,3H2,1H3;2H,1H2,(H,4,5). The highest BCUT2D eigenvalue weighted by molar-refractivity contribution is 6.30. The molecule has 0 saturated heterocycles. The van der Waals surface area contributed by atoms with Crippen LogP contribution in [0.25, 0.3) is 0 Å². The Morgan fingerprint density at radius 2 is 2.36 bits per heavy atom. The molecule has 2 nitrogen and oxygen atoms in total. The predicted molar refractivity (Wildman–Crippen MR) is 45.5 cm³/mol. The number of allylic oxidation sites excluding steroid dienone is 2. The molecule has 0 heterocycles. The van der Waals surface area contributed by atoms with E-state index in [9.17, 15) is 4.79 Å². The van der Waals surface area contributed by atoms with E-state index in [1.165, 1.54) is 0 Å². The van der Waals surface area contributed by atoms with Crippen LogP contribution in [-0.4, -0.2) is 11.1 Å². The van der Waals surface area contributed by atoms with Gasteiger partial charge in [-0.05, 0) is 12.3 Å². The smallest absolute Gasteiger partial charge is 0.327 e. The molecule has 0 aromatic rings. The zero-order valence-corrected chi connectivity index (χ0v) is 7.14. The van der Waals surface area contributed by atoms with E-state index in [1.54, 1.807) is 0 Å². The molecule has 3 heteroatoms. The third-order valence-electron chi connectivity index (χ3n) is 1.16. The summed E-state index contributed by atoms with van der Waals surface area (Å²) in [6, 6.07) is 0. The lowest BCUT2D eigenvalue weighted by molar-refractivity contribution is -0.131. The first-order valence-electron chi connectivity index (χ1n) is 3.27. The van der Waals surface area contributed by atoms with Crippen molar-refractivity contribution in [3.8, 4) is 0 Å². The van der Waals surface area contributed by atoms with E-state index in [1.807, 2.05) is 0 Å². The highest BCUT2D eigenvalue weighted by atomic mass is 35.5. The van der Waals surface area contributed by atoms with E-state index in [0.29, 0.717) is 0 Å². The largest absolute Gasteiger partial charge is 0.478 e. The van der Waals surface area contributed by atoms with Crippen LogP contribution in [0.5, 0.6) is 0 Å². The monoisotopic (exact) mass is 174 g/mol. The van der Waals surface area contributed by atoms with Gasteiger partial charge in [0.05, 0.1) is 0 Å². The average Bonchev–Trinajstić information content (AvgIpc) is 1.87. The Labute approximate surface area is 71.2 Å². The topological polar surface area (TPSA) is 37.3 Å². The Bertz CT molecular complexity index is 185. The first-order valence-corrected chi connectivity index (χ1v) is 3.65. The van der Waals surface area contributed by atoms with Gasteiger partial charge in [-0.2, -0.15) is 0 Å². The SMILES string of the molecule is C=CC(=O)O.CC1C=C(Cl)C1. The Balaban J connectivity index is 0.000000187. The zero-order valence-electron chi connectivity index (χ0n) is 6.38. The summed E-state index contributed by atoms with van der Waals surface area (Å²) in [7, 11) is 0. The van der Waals surface area contributed by atoms with E-state index in [-0.39, 0.29) is 0 Å². The molecule has 0 aromatic heterocycles. The maximum atomic E-state index is 9.25. The van der Waals surface area contributed by atoms with E-state index < -0.39 is 5.97 Å². The van der Waals surface area contributed by atoms with Gasteiger partial charge in [0.1, 0.15) is 0 Å². The molecule has 62 valence electrons. The van der Waals surface area contributed by atoms with Gasteiger partial charge in [0.15, 0.2) is 0 Å². The molecule has 1 aliphatic rings. The quantitative estimate of drug-likeness (QED) is 0.620. The van der Waals surface area contributed by atoms with Crippen molar-refractivity contribution in [3.05, 3.63) is 23.8 Å². The lowest BCUT2D eigenvalue weighted by Gasteiger charge is -2.14. The molecule has 0 aliphatic heterocycles. The highest BCUT2D eigenvalue weighted by Crippen LogP contribution is 2.27. The number of hydrogen-bond donors (Lipinski definition) is 1. The number of hydrogen-bond acceptors (Lipinski definition) is 1. The van der Waals surface area contributed by atoms with Crippen molar-refractivity contribution in [3.63, 3.8) is 0 Å². The van der Waals surface area contributed by atoms with Gasteiger partial charge in [0.2, 0.25) is 0 Å². The number of halogens is 1. The molecule has 1 aliphatic carbocycles. The minimum atomic E-state index is -0.981. The molecule has 0 amide bonds. The van der Waals surface area contributed by atoms with Crippen LogP contribution < -0.4 is 0 Å². The van der Waals surface area contributed by atoms with Gasteiger partial charge >= 0.3 is 5.97 Å². The van der Waals surface area contributed by atoms with Crippen molar-refractivity contribution in [1.82, 2.24) is 0 Å². The normalized spacial score (nSPS) is 20.2. The maximum Gasteiger partial charge on any atom is 0.327 e. The lowest BCUT2D eigenvalue weighted by atomic mass is 9.98. The minimum Gasteiger partial charge on any atom is -0.478 e. The van der Waals surface area contributed by atoms with E-state index in [4.69, 9.17) is 16.7 Å². The molecule has 0 saturated carbocycles. The third-order valence-corrected chi connectivity index (χ3v) is 1.44. The molecule has 0 aromatic carbocycles. The van der Waals surface area contributed by atoms with Gasteiger partial charge in [-0.15, -0.1) is 0 Å². The molecule has 0 fully saturated rings. The number of carbonyl (C=O) groups is 1. The summed E-state index contributed by atoms with van der Waals surface area (Å²) >= 11 is 5.50. The summed E-state index contributed by atoms with van der Waals surface area (Å²) in [4.78, 5) is 9.25. The van der Waals surface area contributed by atoms with Gasteiger partial charge in [0.25, 0.3) is 0 Å². The number of carboxylic acid groups (broad SMARTS) is 1. The van der Waals surface area contributed by atoms with Crippen molar-refractivity contribution in [1.29, 1.82) is 0 Å². The van der Waals surface area contributed by atoms with Gasteiger partial charge < -0.3 is 5.11 Å². The molecule has 0 bridgehead atoms. The summed E-state index contributed by atoms with van der Waals surface area (Å²) in [5, 5.41) is 8.63. The number of carboxylic acids is 1. The van der Waals surface area contributed by atoms with Gasteiger partial charge in [-0.3, -0.25) is 0 Å². The first-order chi connectivity index (χ1) is 5.06. The fourth-order valence-corrected chi connectivity index (χ4v) is 1.04. The van der Waals surface area contributed by atoms with Gasteiger partial charge in [0, 0.05) is 11.1 Å². The highest BCUT2D eigenvalue weighted by Gasteiger charge is 2.09. The lowest BCUT2D eigenvalue weighted by Crippen LogP contribution is -1.99. The maximum absolute atomic E-state index is 9.25. The second kappa shape index (κ2) is 4.97. The zero-order chi connectivity index (χ0) is 8.85. The second-order valence-electron chi connectivity index (χ2n) is 2.34. The van der Waals surface area contributed by atoms with Gasteiger partial charge in [-0.1, -0.05) is 31.2 Å². The Morgan fingerprint density at radius 3 is 2.36 bits per heavy atom. The van der Waals surface area contributed by atoms with Crippen molar-refractivity contribution >= 4 is 17.6 Å². The van der Waals surface area contributed by atoms with E-state index in [2.05, 4.69) is 19.6 Å². The molecule has 11 heavy (non-hydrogen) atoms. The van der Waals surface area contributed by atoms with Gasteiger partial charge in [-0.25, -0.2) is 4.79 Å². The van der Waals surface area contributed by atoms with Crippen molar-refractivity contribution in [2.24, 2.45) is 5.92 Å². The van der Waals surface area contributed by atoms with Crippen LogP contribution in [0.15, 0.2) is 23.8 Å². The molecule has 1 N–H and O–H groups in total. The van der Waals surface area contributed by atoms with Crippen LogP contribution in [0.3, 0.4) is 0 Å². The minimum absolute atomic E-state index is 0.748. The predicted octanol–water partition coefficient (Wildman–Crippen LogP) is 2.41. The average molecular weight is 175 g/mol. The Morgan fingerprint density at radius 1 is 2.00 bits per heavy atom. The summed E-state index contributed by atoms with van der Waals surface area (Å²) in [5.74, 6) is -0.234. The Kier molecular flexibility index (Phi) is 4.62. The van der Waals surface area contributed by atoms with Crippen LogP contribution in [-0.2, 0) is 4.79 Å². The molecule has 1 atom stereocenters. The van der Waals surface area contributed by atoms with Crippen molar-refractivity contribution < 1.29 is 9.90 Å². The van der Waals surface area contributed by atoms with E-state index >= 15 is 0 Å². The van der Waals surface area contributed by atoms with Crippen molar-refractivity contribution in [2.45, 2.75) is 13.3 Å². The third kappa shape index (κ3) is 5.67. The molecular weight excluding hydrogens is 164 g/mol. The summed E-state index contributed by atoms with van der Waals surface area (Å²) in [6.45, 7) is 5.12. The summed E-state index contributed by atoms with van der Waals surface area (Å²) in [5.41, 5.74) is 0. The number of aliphatic carboxylic acids is 1. The van der Waals surface area contributed by atoms with Crippen LogP contribution >= 0.6 is 11.6 Å². The van der Waals surface area contributed by atoms with Crippen LogP contribution in [0.4, 0.5) is 0 Å². The fraction of sp³-hybridized carbons (Fsp3) is 0.375. The molecule has 1 unspecified atom stereocenters. The molecule has 1 rings (SSSR count). The van der Waals surface area contributed by atoms with Crippen LogP contribution in [0, 0.1) is 5.92 Å². The van der Waals surface area contributed by atoms with Crippen LogP contribution in [0.1, 0.15) is 13.3 Å². The first kappa shape index (κ1) is 10.2. The van der Waals surface area contributed by atoms with Crippen LogP contribution in [0.2, 0.25) is 0 Å². The summed E-state index contributed by atoms with van der Waals surface area (Å²) in [6.07, 6.45) is 4.00. The molecule has 0 spiro atoms. The second-order valence-corrected chi connectivity index (χ2v) is 2.82. The summed E-state index contributed by atoms with van der Waals surface area (Å²) < 4.78 is 0. The Hall–Kier alpha value is -0.760. The molecular formula is C8H11ClO2.